The van der Waals surface area contributed by atoms with E-state index in [2.05, 4.69) is 0 Å². The summed E-state index contributed by atoms with van der Waals surface area (Å²) in [7, 11) is 5.89. The van der Waals surface area contributed by atoms with Gasteiger partial charge < -0.3 is 19.8 Å². The molecule has 0 saturated carbocycles. The summed E-state index contributed by atoms with van der Waals surface area (Å²) in [4.78, 5) is 18.3. The van der Waals surface area contributed by atoms with Gasteiger partial charge >= 0.3 is 16.5 Å². The molecule has 0 radical (unpaired) electrons. The van der Waals surface area contributed by atoms with Gasteiger partial charge in [0.25, 0.3) is 0 Å². The standard InChI is InChI=1S/2C4H5ClO2S2.Ni/c2*5-4(3(6)7)1-8-9-2-4;/h2*1-2H2,(H,6,7);/q;;+2/p-2. The molecule has 2 fully saturated rings. The Labute approximate surface area is 146 Å². The Morgan fingerprint density at radius 3 is 1.11 bits per heavy atom. The van der Waals surface area contributed by atoms with E-state index in [4.69, 9.17) is 23.2 Å². The van der Waals surface area contributed by atoms with Crippen LogP contribution < -0.4 is 10.2 Å². The summed E-state index contributed by atoms with van der Waals surface area (Å²) >= 11 is 11.2. The van der Waals surface area contributed by atoms with Gasteiger partial charge in [0.1, 0.15) is 9.75 Å². The molecule has 4 nitrogen and oxygen atoms in total. The van der Waals surface area contributed by atoms with Gasteiger partial charge in [-0.15, -0.1) is 23.2 Å². The molecule has 11 heteroatoms. The molecule has 2 aliphatic heterocycles. The molecule has 19 heavy (non-hydrogen) atoms. The van der Waals surface area contributed by atoms with Crippen molar-refractivity contribution in [1.29, 1.82) is 0 Å². The monoisotopic (exact) mass is 424 g/mol. The number of rotatable bonds is 2. The van der Waals surface area contributed by atoms with E-state index in [9.17, 15) is 19.8 Å². The average molecular weight is 426 g/mol. The number of carboxylic acids is 2. The molecule has 0 bridgehead atoms. The van der Waals surface area contributed by atoms with E-state index < -0.39 is 21.7 Å². The SMILES string of the molecule is O=C([O-])C1(Cl)CSSC1.O=C([O-])C1(Cl)CSSC1.[Ni+2]. The third kappa shape index (κ3) is 5.97. The molecule has 0 aliphatic carbocycles. The van der Waals surface area contributed by atoms with Crippen molar-refractivity contribution in [1.82, 2.24) is 0 Å². The largest absolute Gasteiger partial charge is 2.00 e. The molecule has 2 aliphatic rings. The Morgan fingerprint density at radius 1 is 0.789 bits per heavy atom. The van der Waals surface area contributed by atoms with Gasteiger partial charge in [-0.3, -0.25) is 0 Å². The first kappa shape index (κ1) is 20.4. The zero-order valence-electron chi connectivity index (χ0n) is 9.17. The summed E-state index contributed by atoms with van der Waals surface area (Å²) in [5, 5.41) is 20.5. The van der Waals surface area contributed by atoms with E-state index in [1.807, 2.05) is 0 Å². The molecule has 2 rings (SSSR count). The van der Waals surface area contributed by atoms with Gasteiger partial charge in [-0.25, -0.2) is 0 Å². The second-order valence-electron chi connectivity index (χ2n) is 3.55. The third-order valence-corrected chi connectivity index (χ3v) is 8.72. The van der Waals surface area contributed by atoms with Crippen LogP contribution in [0.25, 0.3) is 0 Å². The fourth-order valence-electron chi connectivity index (χ4n) is 0.859. The van der Waals surface area contributed by atoms with Gasteiger partial charge in [-0.2, -0.15) is 0 Å². The first-order valence-electron chi connectivity index (χ1n) is 4.60. The quantitative estimate of drug-likeness (QED) is 0.353. The molecule has 0 unspecified atom stereocenters. The van der Waals surface area contributed by atoms with Crippen LogP contribution in [0.2, 0.25) is 0 Å². The Kier molecular flexibility index (Phi) is 9.41. The first-order chi connectivity index (χ1) is 8.30. The van der Waals surface area contributed by atoms with Crippen molar-refractivity contribution in [2.24, 2.45) is 0 Å². The van der Waals surface area contributed by atoms with Crippen molar-refractivity contribution in [2.45, 2.75) is 9.75 Å². The van der Waals surface area contributed by atoms with Crippen LogP contribution in [-0.4, -0.2) is 44.7 Å². The van der Waals surface area contributed by atoms with E-state index in [1.165, 1.54) is 43.2 Å². The van der Waals surface area contributed by atoms with Crippen molar-refractivity contribution < 1.29 is 36.3 Å². The van der Waals surface area contributed by atoms with Crippen LogP contribution in [0.1, 0.15) is 0 Å². The molecule has 0 aromatic carbocycles. The van der Waals surface area contributed by atoms with Gasteiger partial charge in [0.05, 0.1) is 11.9 Å². The summed E-state index contributed by atoms with van der Waals surface area (Å²) in [5.41, 5.74) is 0. The zero-order chi connectivity index (χ0) is 13.8. The van der Waals surface area contributed by atoms with Crippen LogP contribution in [0.5, 0.6) is 0 Å². The van der Waals surface area contributed by atoms with Crippen LogP contribution >= 0.6 is 66.4 Å². The number of carbonyl (C=O) groups is 2. The predicted molar refractivity (Wildman–Crippen MR) is 77.0 cm³/mol. The normalized spacial score (nSPS) is 22.8. The summed E-state index contributed by atoms with van der Waals surface area (Å²) < 4.78 is 0. The Bertz CT molecular complexity index is 303. The maximum atomic E-state index is 10.3. The van der Waals surface area contributed by atoms with Gasteiger partial charge in [0, 0.05) is 23.0 Å². The van der Waals surface area contributed by atoms with Crippen molar-refractivity contribution in [3.63, 3.8) is 0 Å². The summed E-state index contributed by atoms with van der Waals surface area (Å²) in [6, 6.07) is 0. The van der Waals surface area contributed by atoms with Crippen LogP contribution in [0, 0.1) is 0 Å². The molecule has 2 heterocycles. The van der Waals surface area contributed by atoms with E-state index in [0.29, 0.717) is 23.0 Å². The van der Waals surface area contributed by atoms with E-state index in [0.717, 1.165) is 0 Å². The topological polar surface area (TPSA) is 80.3 Å². The maximum absolute atomic E-state index is 10.3. The molecule has 2 saturated heterocycles. The van der Waals surface area contributed by atoms with Crippen molar-refractivity contribution in [3.05, 3.63) is 0 Å². The van der Waals surface area contributed by atoms with E-state index in [-0.39, 0.29) is 16.5 Å². The third-order valence-electron chi connectivity index (χ3n) is 2.05. The van der Waals surface area contributed by atoms with E-state index >= 15 is 0 Å². The number of aliphatic carboxylic acids is 2. The van der Waals surface area contributed by atoms with Crippen molar-refractivity contribution in [3.8, 4) is 0 Å². The minimum Gasteiger partial charge on any atom is -0.548 e. The second-order valence-corrected chi connectivity index (χ2v) is 9.93. The predicted octanol–water partition coefficient (Wildman–Crippen LogP) is 0.215. The summed E-state index contributed by atoms with van der Waals surface area (Å²) in [5.74, 6) is -0.519. The number of hydrogen-bond acceptors (Lipinski definition) is 8. The van der Waals surface area contributed by atoms with E-state index in [1.54, 1.807) is 0 Å². The minimum absolute atomic E-state index is 0. The molecular weight excluding hydrogens is 418 g/mol. The second kappa shape index (κ2) is 8.76. The fourth-order valence-corrected chi connectivity index (χ4v) is 7.92. The van der Waals surface area contributed by atoms with Crippen LogP contribution in [0.3, 0.4) is 0 Å². The zero-order valence-corrected chi connectivity index (χ0v) is 14.9. The Morgan fingerprint density at radius 2 is 1.00 bits per heavy atom. The fraction of sp³-hybridized carbons (Fsp3) is 0.750. The Hall–Kier alpha value is 1.41. The maximum Gasteiger partial charge on any atom is 2.00 e. The average Bonchev–Trinajstić information content (AvgIpc) is 2.90. The molecule has 0 N–H and O–H groups in total. The molecule has 0 atom stereocenters. The molecule has 0 spiro atoms. The summed E-state index contributed by atoms with van der Waals surface area (Å²) in [6.07, 6.45) is 0. The first-order valence-corrected chi connectivity index (χ1v) is 10.3. The van der Waals surface area contributed by atoms with Gasteiger partial charge in [-0.05, 0) is 0 Å². The number of alkyl halides is 2. The molecule has 112 valence electrons. The van der Waals surface area contributed by atoms with Crippen LogP contribution in [-0.2, 0) is 26.1 Å². The Balaban J connectivity index is 0.000000324. The van der Waals surface area contributed by atoms with Gasteiger partial charge in [0.2, 0.25) is 0 Å². The van der Waals surface area contributed by atoms with Crippen LogP contribution in [0.15, 0.2) is 0 Å². The summed E-state index contributed by atoms with van der Waals surface area (Å²) in [6.45, 7) is 0. The van der Waals surface area contributed by atoms with Crippen molar-refractivity contribution >= 4 is 78.3 Å². The van der Waals surface area contributed by atoms with Crippen LogP contribution in [0.4, 0.5) is 0 Å². The van der Waals surface area contributed by atoms with Crippen molar-refractivity contribution in [2.75, 3.05) is 23.0 Å². The molecular formula is C8H8Cl2NiO4S4. The molecule has 0 amide bonds. The number of hydrogen-bond donors (Lipinski definition) is 0. The van der Waals surface area contributed by atoms with Gasteiger partial charge in [-0.1, -0.05) is 43.2 Å². The minimum atomic E-state index is -1.15. The number of halogens is 2. The molecule has 0 aromatic heterocycles. The molecule has 0 aromatic rings. The smallest absolute Gasteiger partial charge is 0.548 e. The number of carbonyl (C=O) groups excluding carboxylic acids is 2. The van der Waals surface area contributed by atoms with Gasteiger partial charge in [0.15, 0.2) is 0 Å². The number of carboxylic acid groups (broad SMARTS) is 2.